The van der Waals surface area contributed by atoms with E-state index < -0.39 is 7.32 Å². The largest absolute Gasteiger partial charge is 0.631 e. The summed E-state index contributed by atoms with van der Waals surface area (Å²) in [5, 5.41) is 28.8. The Labute approximate surface area is 47.9 Å². The molecule has 5 nitrogen and oxygen atoms in total. The van der Waals surface area contributed by atoms with Gasteiger partial charge in [0.05, 0.1) is 6.07 Å². The van der Waals surface area contributed by atoms with Crippen molar-refractivity contribution in [2.75, 3.05) is 0 Å². The van der Waals surface area contributed by atoms with E-state index in [4.69, 9.17) is 20.3 Å². The molecule has 0 fully saturated rings. The maximum absolute atomic E-state index is 7.32. The monoisotopic (exact) mass is 120 g/mol. The van der Waals surface area contributed by atoms with Crippen LogP contribution in [0.15, 0.2) is 0 Å². The van der Waals surface area contributed by atoms with Crippen molar-refractivity contribution in [3.05, 3.63) is 0 Å². The van der Waals surface area contributed by atoms with E-state index in [1.165, 1.54) is 6.92 Å². The lowest BCUT2D eigenvalue weighted by molar-refractivity contribution is 0.278. The standard InChI is InChI=1S/C2H3N.BH3O3.H3N/c1-2-3;2-1(3)4;/h1H3;2-4H;1H3. The molecule has 0 aromatic heterocycles. The van der Waals surface area contributed by atoms with Gasteiger partial charge in [0.15, 0.2) is 0 Å². The van der Waals surface area contributed by atoms with Gasteiger partial charge in [-0.3, -0.25) is 0 Å². The summed E-state index contributed by atoms with van der Waals surface area (Å²) in [6.07, 6.45) is 0. The minimum absolute atomic E-state index is 0. The fraction of sp³-hybridized carbons (Fsp3) is 0.500. The lowest BCUT2D eigenvalue weighted by atomic mass is 10.3. The SMILES string of the molecule is CC#N.N.OB(O)O. The molecule has 0 aromatic carbocycles. The molecule has 0 spiro atoms. The molecule has 0 aromatic rings. The third kappa shape index (κ3) is 285. The van der Waals surface area contributed by atoms with Gasteiger partial charge in [0.1, 0.15) is 0 Å². The summed E-state index contributed by atoms with van der Waals surface area (Å²) in [5.41, 5.74) is 0. The van der Waals surface area contributed by atoms with E-state index in [1.807, 2.05) is 0 Å². The van der Waals surface area contributed by atoms with Crippen LogP contribution in [0.25, 0.3) is 0 Å². The molecule has 0 saturated heterocycles. The van der Waals surface area contributed by atoms with E-state index in [0.29, 0.717) is 0 Å². The van der Waals surface area contributed by atoms with Crippen LogP contribution in [0.2, 0.25) is 0 Å². The molecule has 0 aliphatic carbocycles. The van der Waals surface area contributed by atoms with Gasteiger partial charge in [-0.25, -0.2) is 0 Å². The van der Waals surface area contributed by atoms with Gasteiger partial charge in [-0.2, -0.15) is 5.26 Å². The van der Waals surface area contributed by atoms with Crippen LogP contribution in [0.4, 0.5) is 0 Å². The Hall–Kier alpha value is -0.605. The Morgan fingerprint density at radius 2 is 1.38 bits per heavy atom. The number of hydrogen-bond donors (Lipinski definition) is 4. The summed E-state index contributed by atoms with van der Waals surface area (Å²) < 4.78 is 0. The van der Waals surface area contributed by atoms with Crippen molar-refractivity contribution in [2.24, 2.45) is 0 Å². The van der Waals surface area contributed by atoms with E-state index in [-0.39, 0.29) is 6.15 Å². The number of hydrogen-bond acceptors (Lipinski definition) is 5. The molecule has 0 amide bonds. The highest BCUT2D eigenvalue weighted by molar-refractivity contribution is 6.30. The highest BCUT2D eigenvalue weighted by Gasteiger charge is 1.92. The van der Waals surface area contributed by atoms with E-state index in [9.17, 15) is 0 Å². The average Bonchev–Trinajstić information content (AvgIpc) is 1.33. The van der Waals surface area contributed by atoms with Crippen LogP contribution in [0.1, 0.15) is 6.92 Å². The lowest BCUT2D eigenvalue weighted by Gasteiger charge is -1.69. The van der Waals surface area contributed by atoms with Crippen LogP contribution in [0.5, 0.6) is 0 Å². The zero-order chi connectivity index (χ0) is 6.28. The topological polar surface area (TPSA) is 119 Å². The molecule has 6 N–H and O–H groups in total. The highest BCUT2D eigenvalue weighted by Crippen LogP contribution is 1.40. The van der Waals surface area contributed by atoms with Gasteiger partial charge >= 0.3 is 7.32 Å². The van der Waals surface area contributed by atoms with Crippen molar-refractivity contribution in [1.29, 1.82) is 5.26 Å². The molecule has 6 heteroatoms. The first-order chi connectivity index (χ1) is 3.15. The molecule has 0 aliphatic heterocycles. The molecule has 0 saturated carbocycles. The van der Waals surface area contributed by atoms with Crippen molar-refractivity contribution >= 4 is 7.32 Å². The minimum atomic E-state index is -2.17. The Kier molecular flexibility index (Phi) is 31.6. The minimum Gasteiger partial charge on any atom is -0.402 e. The third-order valence-corrected chi connectivity index (χ3v) is 0. The summed E-state index contributed by atoms with van der Waals surface area (Å²) in [5.74, 6) is 0. The summed E-state index contributed by atoms with van der Waals surface area (Å²) in [6.45, 7) is 1.43. The zero-order valence-corrected chi connectivity index (χ0v) is 4.57. The maximum atomic E-state index is 7.32. The number of rotatable bonds is 0. The number of nitrogens with zero attached hydrogens (tertiary/aromatic N) is 1. The first kappa shape index (κ1) is 15.7. The molecular weight excluding hydrogens is 111 g/mol. The molecule has 0 heterocycles. The summed E-state index contributed by atoms with van der Waals surface area (Å²) in [7, 11) is -2.17. The fourth-order valence-electron chi connectivity index (χ4n) is 0. The molecule has 0 bridgehead atoms. The van der Waals surface area contributed by atoms with E-state index >= 15 is 0 Å². The van der Waals surface area contributed by atoms with Gasteiger partial charge in [-0.05, 0) is 0 Å². The first-order valence-corrected chi connectivity index (χ1v) is 1.50. The van der Waals surface area contributed by atoms with Gasteiger partial charge in [-0.15, -0.1) is 0 Å². The summed E-state index contributed by atoms with van der Waals surface area (Å²) in [6, 6.07) is 1.75. The molecule has 48 valence electrons. The highest BCUT2D eigenvalue weighted by atomic mass is 16.5. The quantitative estimate of drug-likeness (QED) is 0.294. The van der Waals surface area contributed by atoms with Gasteiger partial charge in [0.2, 0.25) is 0 Å². The van der Waals surface area contributed by atoms with E-state index in [2.05, 4.69) is 0 Å². The lowest BCUT2D eigenvalue weighted by Crippen LogP contribution is -2.07. The predicted octanol–water partition coefficient (Wildman–Crippen LogP) is -1.36. The van der Waals surface area contributed by atoms with E-state index in [0.717, 1.165) is 0 Å². The summed E-state index contributed by atoms with van der Waals surface area (Å²) >= 11 is 0. The molecule has 8 heavy (non-hydrogen) atoms. The Morgan fingerprint density at radius 3 is 1.38 bits per heavy atom. The molecule has 0 atom stereocenters. The van der Waals surface area contributed by atoms with E-state index in [1.54, 1.807) is 6.07 Å². The average molecular weight is 120 g/mol. The Balaban J connectivity index is -0.0000000575. The van der Waals surface area contributed by atoms with Crippen LogP contribution in [-0.2, 0) is 0 Å². The molecule has 0 rings (SSSR count). The molecular formula is C2H9BN2O3. The second-order valence-corrected chi connectivity index (χ2v) is 0.570. The van der Waals surface area contributed by atoms with Crippen molar-refractivity contribution < 1.29 is 15.1 Å². The van der Waals surface area contributed by atoms with Crippen LogP contribution < -0.4 is 6.15 Å². The van der Waals surface area contributed by atoms with Gasteiger partial charge in [0.25, 0.3) is 0 Å². The predicted molar refractivity (Wildman–Crippen MR) is 28.7 cm³/mol. The van der Waals surface area contributed by atoms with Crippen LogP contribution in [0, 0.1) is 11.3 Å². The van der Waals surface area contributed by atoms with Gasteiger partial charge < -0.3 is 21.2 Å². The van der Waals surface area contributed by atoms with Gasteiger partial charge in [-0.1, -0.05) is 0 Å². The molecule has 0 radical (unpaired) electrons. The van der Waals surface area contributed by atoms with Crippen LogP contribution in [-0.4, -0.2) is 22.4 Å². The Bertz CT molecular complexity index is 58.0. The smallest absolute Gasteiger partial charge is 0.402 e. The maximum Gasteiger partial charge on any atom is 0.631 e. The first-order valence-electron chi connectivity index (χ1n) is 1.50. The zero-order valence-electron chi connectivity index (χ0n) is 4.57. The number of nitriles is 1. The summed E-state index contributed by atoms with van der Waals surface area (Å²) in [4.78, 5) is 0. The molecule has 0 aliphatic rings. The van der Waals surface area contributed by atoms with Crippen molar-refractivity contribution in [1.82, 2.24) is 6.15 Å². The van der Waals surface area contributed by atoms with Gasteiger partial charge in [0, 0.05) is 6.92 Å². The second kappa shape index (κ2) is 16.1. The Morgan fingerprint density at radius 1 is 1.38 bits per heavy atom. The van der Waals surface area contributed by atoms with Crippen LogP contribution in [0.3, 0.4) is 0 Å². The van der Waals surface area contributed by atoms with Crippen molar-refractivity contribution in [3.8, 4) is 6.07 Å². The second-order valence-electron chi connectivity index (χ2n) is 0.570. The van der Waals surface area contributed by atoms with Crippen molar-refractivity contribution in [2.45, 2.75) is 6.92 Å². The van der Waals surface area contributed by atoms with Crippen molar-refractivity contribution in [3.63, 3.8) is 0 Å². The third-order valence-electron chi connectivity index (χ3n) is 0. The van der Waals surface area contributed by atoms with Crippen LogP contribution >= 0.6 is 0 Å². The normalized spacial score (nSPS) is 4.38. The molecule has 0 unspecified atom stereocenters. The fourth-order valence-corrected chi connectivity index (χ4v) is 0.